The first-order chi connectivity index (χ1) is 12.2. The minimum absolute atomic E-state index is 0.233. The molecule has 0 radical (unpaired) electrons. The molecule has 1 unspecified atom stereocenters. The lowest BCUT2D eigenvalue weighted by molar-refractivity contribution is -0.468. The molecular formula is C20H19NO4. The summed E-state index contributed by atoms with van der Waals surface area (Å²) in [4.78, 5) is 24.5. The standard InChI is InChI=1S/C19H16NO3.CH3O/c1-23-19(22)16-12-17(21)20(13-14-8-4-2-5-9-14)18(16)15-10-6-3-7-11-15;1-2/h2-13,18H,1H3;1H3/q+1;-1. The van der Waals surface area contributed by atoms with Crippen LogP contribution >= 0.6 is 0 Å². The lowest BCUT2D eigenvalue weighted by atomic mass is 10.0. The largest absolute Gasteiger partial charge is 0.857 e. The zero-order valence-electron chi connectivity index (χ0n) is 14.1. The molecule has 0 aliphatic carbocycles. The summed E-state index contributed by atoms with van der Waals surface area (Å²) in [5.74, 6) is -0.723. The van der Waals surface area contributed by atoms with Crippen LogP contribution in [0.5, 0.6) is 0 Å². The van der Waals surface area contributed by atoms with Crippen LogP contribution in [-0.2, 0) is 14.3 Å². The number of carbonyl (C=O) groups excluding carboxylic acids is 2. The van der Waals surface area contributed by atoms with E-state index in [0.29, 0.717) is 5.57 Å². The van der Waals surface area contributed by atoms with E-state index in [1.54, 1.807) is 10.8 Å². The topological polar surface area (TPSA) is 69.4 Å². The molecule has 0 aromatic heterocycles. The molecule has 0 bridgehead atoms. The summed E-state index contributed by atoms with van der Waals surface area (Å²) in [7, 11) is 2.07. The van der Waals surface area contributed by atoms with Gasteiger partial charge in [-0.1, -0.05) is 48.5 Å². The van der Waals surface area contributed by atoms with Gasteiger partial charge in [-0.3, -0.25) is 0 Å². The summed E-state index contributed by atoms with van der Waals surface area (Å²) >= 11 is 0. The van der Waals surface area contributed by atoms with Crippen molar-refractivity contribution in [3.63, 3.8) is 0 Å². The quantitative estimate of drug-likeness (QED) is 0.628. The first-order valence-corrected chi connectivity index (χ1v) is 7.68. The Morgan fingerprint density at radius 2 is 1.60 bits per heavy atom. The van der Waals surface area contributed by atoms with Gasteiger partial charge in [0.05, 0.1) is 13.2 Å². The molecule has 1 amide bonds. The van der Waals surface area contributed by atoms with Gasteiger partial charge in [0.15, 0.2) is 6.21 Å². The first kappa shape index (κ1) is 18.3. The Morgan fingerprint density at radius 1 is 1.04 bits per heavy atom. The summed E-state index contributed by atoms with van der Waals surface area (Å²) in [5, 5.41) is 8.25. The lowest BCUT2D eigenvalue weighted by Crippen LogP contribution is -2.23. The van der Waals surface area contributed by atoms with Gasteiger partial charge in [-0.05, 0) is 12.1 Å². The molecule has 1 aliphatic heterocycles. The number of nitrogens with zero attached hydrogens (tertiary/aromatic N) is 1. The Bertz CT molecular complexity index is 795. The fourth-order valence-electron chi connectivity index (χ4n) is 2.67. The van der Waals surface area contributed by atoms with Crippen LogP contribution in [0.4, 0.5) is 0 Å². The maximum Gasteiger partial charge on any atom is 0.413 e. The number of hydrogen-bond acceptors (Lipinski definition) is 4. The molecular weight excluding hydrogens is 318 g/mol. The normalized spacial score (nSPS) is 17.6. The smallest absolute Gasteiger partial charge is 0.413 e. The third kappa shape index (κ3) is 4.08. The van der Waals surface area contributed by atoms with E-state index in [-0.39, 0.29) is 5.91 Å². The molecule has 0 fully saturated rings. The molecule has 5 nitrogen and oxygen atoms in total. The van der Waals surface area contributed by atoms with Gasteiger partial charge in [0.25, 0.3) is 0 Å². The molecule has 5 heteroatoms. The number of benzene rings is 2. The minimum Gasteiger partial charge on any atom is -0.857 e. The van der Waals surface area contributed by atoms with E-state index in [4.69, 9.17) is 9.84 Å². The summed E-state index contributed by atoms with van der Waals surface area (Å²) in [6.45, 7) is 0. The second-order valence-electron chi connectivity index (χ2n) is 5.19. The summed E-state index contributed by atoms with van der Waals surface area (Å²) in [5.41, 5.74) is 2.10. The van der Waals surface area contributed by atoms with Gasteiger partial charge in [-0.15, -0.1) is 0 Å². The van der Waals surface area contributed by atoms with Crippen molar-refractivity contribution in [1.29, 1.82) is 0 Å². The van der Waals surface area contributed by atoms with E-state index in [2.05, 4.69) is 0 Å². The summed E-state index contributed by atoms with van der Waals surface area (Å²) in [6, 6.07) is 18.5. The van der Waals surface area contributed by atoms with Crippen molar-refractivity contribution in [2.24, 2.45) is 0 Å². The second-order valence-corrected chi connectivity index (χ2v) is 5.19. The van der Waals surface area contributed by atoms with Gasteiger partial charge in [-0.2, -0.15) is 11.7 Å². The van der Waals surface area contributed by atoms with Crippen molar-refractivity contribution in [1.82, 2.24) is 0 Å². The number of ether oxygens (including phenoxy) is 1. The fourth-order valence-corrected chi connectivity index (χ4v) is 2.67. The Balaban J connectivity index is 0.00000109. The van der Waals surface area contributed by atoms with Crippen LogP contribution in [-0.4, -0.2) is 36.9 Å². The first-order valence-electron chi connectivity index (χ1n) is 7.68. The molecule has 1 aliphatic rings. The summed E-state index contributed by atoms with van der Waals surface area (Å²) < 4.78 is 6.40. The van der Waals surface area contributed by atoms with Crippen molar-refractivity contribution in [3.05, 3.63) is 83.4 Å². The Kier molecular flexibility index (Phi) is 6.37. The highest BCUT2D eigenvalue weighted by molar-refractivity contribution is 6.01. The average Bonchev–Trinajstić information content (AvgIpc) is 3.00. The van der Waals surface area contributed by atoms with E-state index in [1.165, 1.54) is 13.2 Å². The van der Waals surface area contributed by atoms with E-state index < -0.39 is 12.0 Å². The SMILES string of the molecule is COC(=O)C1=CC(=O)[N+](=Cc2ccccc2)C1c1ccccc1.C[O-]. The monoisotopic (exact) mass is 337 g/mol. The molecule has 128 valence electrons. The molecule has 1 atom stereocenters. The Morgan fingerprint density at radius 3 is 2.16 bits per heavy atom. The molecule has 0 saturated carbocycles. The average molecular weight is 337 g/mol. The second kappa shape index (κ2) is 8.70. The number of methoxy groups -OCH3 is 1. The van der Waals surface area contributed by atoms with E-state index >= 15 is 0 Å². The molecule has 1 heterocycles. The number of amides is 1. The maximum absolute atomic E-state index is 12.4. The van der Waals surface area contributed by atoms with Crippen molar-refractivity contribution in [2.75, 3.05) is 14.2 Å². The Hall–Kier alpha value is -3.05. The van der Waals surface area contributed by atoms with Crippen LogP contribution in [0, 0.1) is 0 Å². The third-order valence-corrected chi connectivity index (χ3v) is 3.73. The maximum atomic E-state index is 12.4. The van der Waals surface area contributed by atoms with Crippen LogP contribution in [0.1, 0.15) is 17.2 Å². The zero-order chi connectivity index (χ0) is 18.2. The third-order valence-electron chi connectivity index (χ3n) is 3.73. The van der Waals surface area contributed by atoms with Gasteiger partial charge < -0.3 is 9.84 Å². The molecule has 25 heavy (non-hydrogen) atoms. The van der Waals surface area contributed by atoms with Crippen LogP contribution in [0.2, 0.25) is 0 Å². The number of esters is 1. The molecule has 2 aromatic rings. The van der Waals surface area contributed by atoms with Gasteiger partial charge >= 0.3 is 11.9 Å². The summed E-state index contributed by atoms with van der Waals surface area (Å²) in [6.07, 6.45) is 3.11. The van der Waals surface area contributed by atoms with Gasteiger partial charge in [0.2, 0.25) is 6.04 Å². The molecule has 2 aromatic carbocycles. The van der Waals surface area contributed by atoms with Crippen LogP contribution in [0.25, 0.3) is 0 Å². The highest BCUT2D eigenvalue weighted by Crippen LogP contribution is 2.31. The van der Waals surface area contributed by atoms with Crippen molar-refractivity contribution in [2.45, 2.75) is 6.04 Å². The van der Waals surface area contributed by atoms with Gasteiger partial charge in [0.1, 0.15) is 5.57 Å². The van der Waals surface area contributed by atoms with Gasteiger partial charge in [0, 0.05) is 11.1 Å². The van der Waals surface area contributed by atoms with E-state index in [1.807, 2.05) is 60.7 Å². The van der Waals surface area contributed by atoms with Crippen LogP contribution in [0.15, 0.2) is 72.3 Å². The highest BCUT2D eigenvalue weighted by atomic mass is 16.5. The number of hydrogen-bond donors (Lipinski definition) is 0. The minimum atomic E-state index is -0.490. The van der Waals surface area contributed by atoms with E-state index in [9.17, 15) is 9.59 Å². The molecule has 0 spiro atoms. The molecule has 3 rings (SSSR count). The number of rotatable bonds is 3. The van der Waals surface area contributed by atoms with Crippen molar-refractivity contribution < 1.29 is 24.0 Å². The predicted octanol–water partition coefficient (Wildman–Crippen LogP) is 1.48. The lowest BCUT2D eigenvalue weighted by Gasteiger charge is -2.10. The van der Waals surface area contributed by atoms with Gasteiger partial charge in [-0.25, -0.2) is 9.59 Å². The number of carbonyl (C=O) groups is 2. The van der Waals surface area contributed by atoms with Crippen LogP contribution in [0.3, 0.4) is 0 Å². The predicted molar refractivity (Wildman–Crippen MR) is 92.1 cm³/mol. The Labute approximate surface area is 146 Å². The fraction of sp³-hybridized carbons (Fsp3) is 0.150. The highest BCUT2D eigenvalue weighted by Gasteiger charge is 2.43. The van der Waals surface area contributed by atoms with E-state index in [0.717, 1.165) is 18.2 Å². The van der Waals surface area contributed by atoms with Crippen molar-refractivity contribution >= 4 is 18.1 Å². The van der Waals surface area contributed by atoms with Crippen LogP contribution < -0.4 is 5.11 Å². The van der Waals surface area contributed by atoms with Crippen molar-refractivity contribution in [3.8, 4) is 0 Å². The molecule has 0 saturated heterocycles. The zero-order valence-corrected chi connectivity index (χ0v) is 14.1. The molecule has 0 N–H and O–H groups in total.